The number of benzene rings is 1. The van der Waals surface area contributed by atoms with Crippen molar-refractivity contribution in [2.75, 3.05) is 46.9 Å². The van der Waals surface area contributed by atoms with Crippen molar-refractivity contribution in [3.63, 3.8) is 0 Å². The van der Waals surface area contributed by atoms with Crippen LogP contribution in [0.2, 0.25) is 0 Å². The summed E-state index contributed by atoms with van der Waals surface area (Å²) in [4.78, 5) is 9.18. The minimum absolute atomic E-state index is 0.701. The molecule has 0 bridgehead atoms. The summed E-state index contributed by atoms with van der Waals surface area (Å²) in [6, 6.07) is 8.30. The van der Waals surface area contributed by atoms with Gasteiger partial charge in [-0.2, -0.15) is 0 Å². The van der Waals surface area contributed by atoms with Crippen molar-refractivity contribution in [2.24, 2.45) is 10.9 Å². The van der Waals surface area contributed by atoms with Gasteiger partial charge in [0.15, 0.2) is 5.96 Å². The van der Waals surface area contributed by atoms with Crippen LogP contribution in [0.5, 0.6) is 5.75 Å². The molecule has 1 heterocycles. The van der Waals surface area contributed by atoms with Gasteiger partial charge in [0.25, 0.3) is 0 Å². The van der Waals surface area contributed by atoms with Crippen molar-refractivity contribution in [1.82, 2.24) is 15.1 Å². The molecule has 0 saturated carbocycles. The minimum Gasteiger partial charge on any atom is -0.494 e. The van der Waals surface area contributed by atoms with Crippen molar-refractivity contribution >= 4 is 5.96 Å². The lowest BCUT2D eigenvalue weighted by atomic mass is 10.1. The predicted octanol–water partition coefficient (Wildman–Crippen LogP) is 2.82. The Kier molecular flexibility index (Phi) is 8.06. The molecule has 1 unspecified atom stereocenters. The predicted molar refractivity (Wildman–Crippen MR) is 105 cm³/mol. The van der Waals surface area contributed by atoms with Crippen LogP contribution in [-0.4, -0.2) is 62.6 Å². The molecule has 140 valence electrons. The summed E-state index contributed by atoms with van der Waals surface area (Å²) in [5, 5.41) is 3.55. The Labute approximate surface area is 153 Å². The van der Waals surface area contributed by atoms with Gasteiger partial charge in [-0.25, -0.2) is 0 Å². The van der Waals surface area contributed by atoms with E-state index in [0.717, 1.165) is 30.7 Å². The summed E-state index contributed by atoms with van der Waals surface area (Å²) in [6.07, 6.45) is 2.53. The summed E-state index contributed by atoms with van der Waals surface area (Å²) in [6.45, 7) is 10.5. The fraction of sp³-hybridized carbons (Fsp3) is 0.650. The summed E-state index contributed by atoms with van der Waals surface area (Å²) in [5.74, 6) is 2.61. The highest BCUT2D eigenvalue weighted by Gasteiger charge is 2.22. The lowest BCUT2D eigenvalue weighted by Gasteiger charge is -2.24. The van der Waals surface area contributed by atoms with Gasteiger partial charge in [-0.1, -0.05) is 19.1 Å². The molecular weight excluding hydrogens is 312 g/mol. The van der Waals surface area contributed by atoms with E-state index in [2.05, 4.69) is 46.2 Å². The molecule has 5 heteroatoms. The number of nitrogens with zero attached hydrogens (tertiary/aromatic N) is 3. The van der Waals surface area contributed by atoms with Crippen molar-refractivity contribution in [3.8, 4) is 5.75 Å². The van der Waals surface area contributed by atoms with Crippen LogP contribution in [0, 0.1) is 5.92 Å². The Morgan fingerprint density at radius 3 is 2.72 bits per heavy atom. The number of guanidine groups is 1. The van der Waals surface area contributed by atoms with Gasteiger partial charge < -0.3 is 19.9 Å². The van der Waals surface area contributed by atoms with E-state index in [1.165, 1.54) is 38.0 Å². The van der Waals surface area contributed by atoms with Crippen molar-refractivity contribution in [3.05, 3.63) is 29.8 Å². The SMILES string of the molecule is CCCN1CCC(CNC(=NC)N(C)Cc2ccc(OCC)cc2)C1. The largest absolute Gasteiger partial charge is 0.494 e. The van der Waals surface area contributed by atoms with E-state index in [9.17, 15) is 0 Å². The Morgan fingerprint density at radius 2 is 2.08 bits per heavy atom. The molecule has 1 N–H and O–H groups in total. The molecule has 2 rings (SSSR count). The van der Waals surface area contributed by atoms with Gasteiger partial charge >= 0.3 is 0 Å². The minimum atomic E-state index is 0.701. The van der Waals surface area contributed by atoms with Crippen LogP contribution in [-0.2, 0) is 6.54 Å². The Hall–Kier alpha value is -1.75. The van der Waals surface area contributed by atoms with Crippen LogP contribution >= 0.6 is 0 Å². The zero-order chi connectivity index (χ0) is 18.1. The van der Waals surface area contributed by atoms with Crippen LogP contribution in [0.25, 0.3) is 0 Å². The lowest BCUT2D eigenvalue weighted by Crippen LogP contribution is -2.41. The van der Waals surface area contributed by atoms with E-state index in [-0.39, 0.29) is 0 Å². The summed E-state index contributed by atoms with van der Waals surface area (Å²) in [5.41, 5.74) is 1.25. The fourth-order valence-corrected chi connectivity index (χ4v) is 3.43. The summed E-state index contributed by atoms with van der Waals surface area (Å²) < 4.78 is 5.50. The van der Waals surface area contributed by atoms with Gasteiger partial charge in [-0.15, -0.1) is 0 Å². The van der Waals surface area contributed by atoms with Crippen LogP contribution in [0.1, 0.15) is 32.3 Å². The molecule has 0 aliphatic carbocycles. The Balaban J connectivity index is 1.79. The van der Waals surface area contributed by atoms with Crippen LogP contribution < -0.4 is 10.1 Å². The molecule has 0 amide bonds. The first kappa shape index (κ1) is 19.6. The molecule has 1 aromatic carbocycles. The molecule has 1 atom stereocenters. The molecule has 0 aromatic heterocycles. The molecule has 1 aliphatic rings. The van der Waals surface area contributed by atoms with Gasteiger partial charge in [0.1, 0.15) is 5.75 Å². The van der Waals surface area contributed by atoms with Crippen LogP contribution in [0.15, 0.2) is 29.3 Å². The number of rotatable bonds is 8. The number of hydrogen-bond acceptors (Lipinski definition) is 3. The molecule has 5 nitrogen and oxygen atoms in total. The second-order valence-electron chi connectivity index (χ2n) is 6.82. The average Bonchev–Trinajstić information content (AvgIpc) is 3.05. The maximum atomic E-state index is 5.50. The number of ether oxygens (including phenoxy) is 1. The topological polar surface area (TPSA) is 40.1 Å². The normalized spacial score (nSPS) is 18.4. The quantitative estimate of drug-likeness (QED) is 0.580. The third kappa shape index (κ3) is 6.24. The van der Waals surface area contributed by atoms with Crippen molar-refractivity contribution < 1.29 is 4.74 Å². The third-order valence-electron chi connectivity index (χ3n) is 4.69. The van der Waals surface area contributed by atoms with Crippen LogP contribution in [0.3, 0.4) is 0 Å². The number of likely N-dealkylation sites (tertiary alicyclic amines) is 1. The third-order valence-corrected chi connectivity index (χ3v) is 4.69. The van der Waals surface area contributed by atoms with Crippen molar-refractivity contribution in [1.29, 1.82) is 0 Å². The number of nitrogens with one attached hydrogen (secondary N) is 1. The summed E-state index contributed by atoms with van der Waals surface area (Å²) >= 11 is 0. The molecule has 1 aliphatic heterocycles. The van der Waals surface area contributed by atoms with E-state index in [1.54, 1.807) is 0 Å². The lowest BCUT2D eigenvalue weighted by molar-refractivity contribution is 0.324. The highest BCUT2D eigenvalue weighted by atomic mass is 16.5. The van der Waals surface area contributed by atoms with E-state index < -0.39 is 0 Å². The molecule has 1 fully saturated rings. The number of hydrogen-bond donors (Lipinski definition) is 1. The maximum absolute atomic E-state index is 5.50. The van der Waals surface area contributed by atoms with Gasteiger partial charge in [-0.05, 0) is 56.5 Å². The highest BCUT2D eigenvalue weighted by Crippen LogP contribution is 2.16. The van der Waals surface area contributed by atoms with Gasteiger partial charge in [0.05, 0.1) is 6.61 Å². The fourth-order valence-electron chi connectivity index (χ4n) is 3.43. The standard InChI is InChI=1S/C20H34N4O/c1-5-12-24-13-11-18(16-24)14-22-20(21-3)23(4)15-17-7-9-19(10-8-17)25-6-2/h7-10,18H,5-6,11-16H2,1-4H3,(H,21,22). The Bertz CT molecular complexity index is 529. The summed E-state index contributed by atoms with van der Waals surface area (Å²) in [7, 11) is 3.94. The van der Waals surface area contributed by atoms with Gasteiger partial charge in [0, 0.05) is 33.7 Å². The monoisotopic (exact) mass is 346 g/mol. The molecule has 0 radical (unpaired) electrons. The smallest absolute Gasteiger partial charge is 0.193 e. The first-order valence-corrected chi connectivity index (χ1v) is 9.52. The second kappa shape index (κ2) is 10.3. The van der Waals surface area contributed by atoms with E-state index >= 15 is 0 Å². The van der Waals surface area contributed by atoms with E-state index in [4.69, 9.17) is 4.74 Å². The maximum Gasteiger partial charge on any atom is 0.193 e. The molecule has 25 heavy (non-hydrogen) atoms. The molecule has 1 aromatic rings. The first-order chi connectivity index (χ1) is 12.2. The molecule has 0 spiro atoms. The molecular formula is C20H34N4O. The van der Waals surface area contributed by atoms with Gasteiger partial charge in [0.2, 0.25) is 0 Å². The van der Waals surface area contributed by atoms with E-state index in [0.29, 0.717) is 6.61 Å². The first-order valence-electron chi connectivity index (χ1n) is 9.52. The highest BCUT2D eigenvalue weighted by molar-refractivity contribution is 5.79. The van der Waals surface area contributed by atoms with Gasteiger partial charge in [-0.3, -0.25) is 4.99 Å². The zero-order valence-electron chi connectivity index (χ0n) is 16.3. The number of aliphatic imine (C=N–C) groups is 1. The Morgan fingerprint density at radius 1 is 1.32 bits per heavy atom. The zero-order valence-corrected chi connectivity index (χ0v) is 16.3. The van der Waals surface area contributed by atoms with Crippen LogP contribution in [0.4, 0.5) is 0 Å². The average molecular weight is 347 g/mol. The molecule has 1 saturated heterocycles. The van der Waals surface area contributed by atoms with E-state index in [1.807, 2.05) is 26.1 Å². The van der Waals surface area contributed by atoms with Crippen molar-refractivity contribution in [2.45, 2.75) is 33.2 Å². The second-order valence-corrected chi connectivity index (χ2v) is 6.82.